The molecule has 2 aromatic rings. The highest BCUT2D eigenvalue weighted by Crippen LogP contribution is 2.23. The summed E-state index contributed by atoms with van der Waals surface area (Å²) in [6, 6.07) is 2.08. The highest BCUT2D eigenvalue weighted by molar-refractivity contribution is 6.06. The van der Waals surface area contributed by atoms with Crippen molar-refractivity contribution in [3.05, 3.63) is 23.0 Å². The Labute approximate surface area is 124 Å². The maximum Gasteiger partial charge on any atom is 0.255 e. The van der Waals surface area contributed by atoms with Gasteiger partial charge in [-0.25, -0.2) is 4.98 Å². The van der Waals surface area contributed by atoms with Crippen LogP contribution in [0.25, 0.3) is 11.0 Å². The van der Waals surface area contributed by atoms with Gasteiger partial charge in [-0.15, -0.1) is 0 Å². The van der Waals surface area contributed by atoms with Gasteiger partial charge in [0.1, 0.15) is 0 Å². The van der Waals surface area contributed by atoms with E-state index in [1.165, 1.54) is 0 Å². The van der Waals surface area contributed by atoms with Crippen LogP contribution in [0.4, 0.5) is 0 Å². The number of carbonyl (C=O) groups excluding carboxylic acids is 1. The Hall–Kier alpha value is -1.95. The van der Waals surface area contributed by atoms with Gasteiger partial charge in [-0.05, 0) is 26.8 Å². The maximum atomic E-state index is 13.0. The van der Waals surface area contributed by atoms with Gasteiger partial charge >= 0.3 is 0 Å². The molecule has 0 aromatic carbocycles. The van der Waals surface area contributed by atoms with Gasteiger partial charge in [0.15, 0.2) is 5.65 Å². The minimum absolute atomic E-state index is 0.0793. The number of nitrogens with one attached hydrogen (secondary N) is 1. The lowest BCUT2D eigenvalue weighted by Gasteiger charge is -2.34. The zero-order valence-corrected chi connectivity index (χ0v) is 13.0. The largest absolute Gasteiger partial charge is 0.333 e. The molecule has 2 aromatic heterocycles. The number of rotatable bonds is 1. The molecule has 0 bridgehead atoms. The molecule has 1 aliphatic rings. The van der Waals surface area contributed by atoms with Crippen LogP contribution in [0.15, 0.2) is 6.07 Å². The van der Waals surface area contributed by atoms with E-state index >= 15 is 0 Å². The van der Waals surface area contributed by atoms with Crippen molar-refractivity contribution in [2.45, 2.75) is 26.8 Å². The molecule has 1 atom stereocenters. The predicted molar refractivity (Wildman–Crippen MR) is 81.4 cm³/mol. The van der Waals surface area contributed by atoms with Crippen LogP contribution in [0, 0.1) is 13.8 Å². The molecule has 6 heteroatoms. The third-order valence-corrected chi connectivity index (χ3v) is 4.09. The van der Waals surface area contributed by atoms with Crippen molar-refractivity contribution in [2.75, 3.05) is 19.6 Å². The van der Waals surface area contributed by atoms with Gasteiger partial charge in [-0.1, -0.05) is 0 Å². The standard InChI is InChI=1S/C15H21N5O/c1-9-7-12(13-11(3)18-19(4)14(13)17-9)15(21)20-6-5-16-8-10(20)2/h7,10,16H,5-6,8H2,1-4H3/t10-/m0/s1. The van der Waals surface area contributed by atoms with E-state index in [9.17, 15) is 4.79 Å². The molecule has 0 radical (unpaired) electrons. The summed E-state index contributed by atoms with van der Waals surface area (Å²) in [5.41, 5.74) is 3.19. The average Bonchev–Trinajstić information content (AvgIpc) is 2.73. The first-order chi connectivity index (χ1) is 9.99. The molecular weight excluding hydrogens is 266 g/mol. The number of aromatic nitrogens is 3. The summed E-state index contributed by atoms with van der Waals surface area (Å²) in [7, 11) is 1.86. The first-order valence-electron chi connectivity index (χ1n) is 7.31. The van der Waals surface area contributed by atoms with Crippen molar-refractivity contribution >= 4 is 16.9 Å². The van der Waals surface area contributed by atoms with Crippen LogP contribution in [0.2, 0.25) is 0 Å². The fourth-order valence-electron chi connectivity index (χ4n) is 3.04. The first-order valence-corrected chi connectivity index (χ1v) is 7.31. The predicted octanol–water partition coefficient (Wildman–Crippen LogP) is 1.02. The van der Waals surface area contributed by atoms with E-state index in [1.807, 2.05) is 31.9 Å². The molecular formula is C15H21N5O. The second kappa shape index (κ2) is 5.11. The molecule has 1 saturated heterocycles. The molecule has 112 valence electrons. The van der Waals surface area contributed by atoms with E-state index in [1.54, 1.807) is 4.68 Å². The molecule has 6 nitrogen and oxygen atoms in total. The lowest BCUT2D eigenvalue weighted by molar-refractivity contribution is 0.0657. The summed E-state index contributed by atoms with van der Waals surface area (Å²) in [6.07, 6.45) is 0. The molecule has 1 N–H and O–H groups in total. The zero-order valence-electron chi connectivity index (χ0n) is 13.0. The summed E-state index contributed by atoms with van der Waals surface area (Å²) in [4.78, 5) is 19.4. The maximum absolute atomic E-state index is 13.0. The van der Waals surface area contributed by atoms with Crippen molar-refractivity contribution in [3.63, 3.8) is 0 Å². The van der Waals surface area contributed by atoms with Gasteiger partial charge in [0.25, 0.3) is 5.91 Å². The van der Waals surface area contributed by atoms with Crippen LogP contribution in [-0.4, -0.2) is 51.2 Å². The van der Waals surface area contributed by atoms with Crippen LogP contribution in [0.5, 0.6) is 0 Å². The SMILES string of the molecule is Cc1cc(C(=O)N2CCNC[C@@H]2C)c2c(C)nn(C)c2n1. The van der Waals surface area contributed by atoms with Crippen LogP contribution < -0.4 is 5.32 Å². The number of amides is 1. The quantitative estimate of drug-likeness (QED) is 0.850. The van der Waals surface area contributed by atoms with Crippen LogP contribution in [0.1, 0.15) is 28.7 Å². The topological polar surface area (TPSA) is 63.1 Å². The number of hydrogen-bond acceptors (Lipinski definition) is 4. The molecule has 1 fully saturated rings. The monoisotopic (exact) mass is 287 g/mol. The van der Waals surface area contributed by atoms with E-state index in [-0.39, 0.29) is 11.9 Å². The minimum Gasteiger partial charge on any atom is -0.333 e. The Morgan fingerprint density at radius 3 is 2.90 bits per heavy atom. The van der Waals surface area contributed by atoms with Crippen LogP contribution in [0.3, 0.4) is 0 Å². The smallest absolute Gasteiger partial charge is 0.255 e. The van der Waals surface area contributed by atoms with E-state index in [4.69, 9.17) is 0 Å². The summed E-state index contributed by atoms with van der Waals surface area (Å²) in [5, 5.41) is 8.60. The summed E-state index contributed by atoms with van der Waals surface area (Å²) >= 11 is 0. The number of piperazine rings is 1. The van der Waals surface area contributed by atoms with Crippen molar-refractivity contribution < 1.29 is 4.79 Å². The van der Waals surface area contributed by atoms with Gasteiger partial charge < -0.3 is 10.2 Å². The average molecular weight is 287 g/mol. The van der Waals surface area contributed by atoms with E-state index in [0.717, 1.165) is 47.6 Å². The Morgan fingerprint density at radius 2 is 2.19 bits per heavy atom. The van der Waals surface area contributed by atoms with Gasteiger partial charge in [0.2, 0.25) is 0 Å². The van der Waals surface area contributed by atoms with Crippen molar-refractivity contribution in [2.24, 2.45) is 7.05 Å². The number of fused-ring (bicyclic) bond motifs is 1. The number of aryl methyl sites for hydroxylation is 3. The fourth-order valence-corrected chi connectivity index (χ4v) is 3.04. The van der Waals surface area contributed by atoms with Gasteiger partial charge in [-0.3, -0.25) is 9.48 Å². The van der Waals surface area contributed by atoms with Crippen molar-refractivity contribution in [3.8, 4) is 0 Å². The minimum atomic E-state index is 0.0793. The van der Waals surface area contributed by atoms with Crippen molar-refractivity contribution in [1.82, 2.24) is 25.0 Å². The normalized spacial score (nSPS) is 19.2. The second-order valence-electron chi connectivity index (χ2n) is 5.77. The number of nitrogens with zero attached hydrogens (tertiary/aromatic N) is 4. The Morgan fingerprint density at radius 1 is 1.43 bits per heavy atom. The van der Waals surface area contributed by atoms with Crippen LogP contribution in [-0.2, 0) is 7.05 Å². The summed E-state index contributed by atoms with van der Waals surface area (Å²) in [5.74, 6) is 0.0793. The molecule has 1 amide bonds. The molecule has 3 rings (SSSR count). The molecule has 0 saturated carbocycles. The van der Waals surface area contributed by atoms with E-state index < -0.39 is 0 Å². The highest BCUT2D eigenvalue weighted by Gasteiger charge is 2.27. The number of hydrogen-bond donors (Lipinski definition) is 1. The molecule has 1 aliphatic heterocycles. The van der Waals surface area contributed by atoms with E-state index in [2.05, 4.69) is 22.3 Å². The summed E-state index contributed by atoms with van der Waals surface area (Å²) < 4.78 is 1.75. The van der Waals surface area contributed by atoms with Crippen molar-refractivity contribution in [1.29, 1.82) is 0 Å². The Bertz CT molecular complexity index is 706. The number of pyridine rings is 1. The van der Waals surface area contributed by atoms with Crippen LogP contribution >= 0.6 is 0 Å². The van der Waals surface area contributed by atoms with Gasteiger partial charge in [0.05, 0.1) is 16.6 Å². The third-order valence-electron chi connectivity index (χ3n) is 4.09. The molecule has 21 heavy (non-hydrogen) atoms. The molecule has 0 aliphatic carbocycles. The summed E-state index contributed by atoms with van der Waals surface area (Å²) in [6.45, 7) is 8.34. The zero-order chi connectivity index (χ0) is 15.1. The molecule has 0 unspecified atom stereocenters. The Kier molecular flexibility index (Phi) is 3.41. The molecule has 0 spiro atoms. The highest BCUT2D eigenvalue weighted by atomic mass is 16.2. The Balaban J connectivity index is 2.13. The number of carbonyl (C=O) groups is 1. The molecule has 3 heterocycles. The third kappa shape index (κ3) is 2.29. The lowest BCUT2D eigenvalue weighted by Crippen LogP contribution is -2.52. The first kappa shape index (κ1) is 14.0. The second-order valence-corrected chi connectivity index (χ2v) is 5.77. The lowest BCUT2D eigenvalue weighted by atomic mass is 10.1. The van der Waals surface area contributed by atoms with E-state index in [0.29, 0.717) is 0 Å². The fraction of sp³-hybridized carbons (Fsp3) is 0.533. The van der Waals surface area contributed by atoms with Gasteiger partial charge in [-0.2, -0.15) is 5.10 Å². The van der Waals surface area contributed by atoms with Gasteiger partial charge in [0, 0.05) is 38.4 Å².